The van der Waals surface area contributed by atoms with Crippen LogP contribution in [0.4, 0.5) is 0 Å². The summed E-state index contributed by atoms with van der Waals surface area (Å²) in [5, 5.41) is 21.9. The van der Waals surface area contributed by atoms with Gasteiger partial charge in [-0.15, -0.1) is 0 Å². The maximum Gasteiger partial charge on any atom is 0.322 e. The van der Waals surface area contributed by atoms with Crippen LogP contribution in [0, 0.1) is 0 Å². The van der Waals surface area contributed by atoms with Gasteiger partial charge in [0.25, 0.3) is 0 Å². The van der Waals surface area contributed by atoms with Gasteiger partial charge in [0, 0.05) is 12.2 Å². The van der Waals surface area contributed by atoms with Gasteiger partial charge in [-0.1, -0.05) is 6.92 Å². The third kappa shape index (κ3) is 10.5. The highest BCUT2D eigenvalue weighted by Gasteiger charge is 2.22. The predicted molar refractivity (Wildman–Crippen MR) is 85.0 cm³/mol. The van der Waals surface area contributed by atoms with E-state index in [0.29, 0.717) is 5.75 Å². The molecule has 0 aromatic carbocycles. The first-order valence-corrected chi connectivity index (χ1v) is 8.28. The highest BCUT2D eigenvalue weighted by Crippen LogP contribution is 2.06. The summed E-state index contributed by atoms with van der Waals surface area (Å²) in [6.07, 6.45) is 0.719. The standard InChI is InChI=1S/C13H23N3O6S/c1-2-5-23-7-9(12(20)15-6-11(18)19)16-10(17)4-3-8(14)13(21)22/h8-9H,2-7,14H2,1H3,(H,15,20)(H,16,17)(H,18,19)(H,21,22)/t8-,9?/m0/s1. The maximum atomic E-state index is 11.9. The number of hydrogen-bond donors (Lipinski definition) is 5. The van der Waals surface area contributed by atoms with Crippen molar-refractivity contribution in [1.82, 2.24) is 10.6 Å². The predicted octanol–water partition coefficient (Wildman–Crippen LogP) is -0.993. The van der Waals surface area contributed by atoms with E-state index in [1.165, 1.54) is 11.8 Å². The molecule has 0 spiro atoms. The molecular formula is C13H23N3O6S. The highest BCUT2D eigenvalue weighted by molar-refractivity contribution is 7.99. The van der Waals surface area contributed by atoms with Crippen molar-refractivity contribution >= 4 is 35.5 Å². The van der Waals surface area contributed by atoms with Gasteiger partial charge < -0.3 is 26.6 Å². The number of nitrogens with one attached hydrogen (secondary N) is 2. The number of nitrogens with two attached hydrogens (primary N) is 1. The molecular weight excluding hydrogens is 326 g/mol. The quantitative estimate of drug-likeness (QED) is 0.281. The number of carbonyl (C=O) groups excluding carboxylic acids is 2. The fourth-order valence-electron chi connectivity index (χ4n) is 1.49. The van der Waals surface area contributed by atoms with Crippen molar-refractivity contribution in [3.8, 4) is 0 Å². The molecule has 132 valence electrons. The van der Waals surface area contributed by atoms with Crippen LogP contribution in [0.3, 0.4) is 0 Å². The van der Waals surface area contributed by atoms with E-state index in [2.05, 4.69) is 10.6 Å². The maximum absolute atomic E-state index is 11.9. The van der Waals surface area contributed by atoms with Gasteiger partial charge in [-0.3, -0.25) is 19.2 Å². The van der Waals surface area contributed by atoms with E-state index in [9.17, 15) is 19.2 Å². The summed E-state index contributed by atoms with van der Waals surface area (Å²) in [4.78, 5) is 44.8. The van der Waals surface area contributed by atoms with Crippen molar-refractivity contribution < 1.29 is 29.4 Å². The third-order valence-electron chi connectivity index (χ3n) is 2.70. The summed E-state index contributed by atoms with van der Waals surface area (Å²) in [5.41, 5.74) is 5.31. The molecule has 9 nitrogen and oxygen atoms in total. The van der Waals surface area contributed by atoms with Crippen molar-refractivity contribution in [2.75, 3.05) is 18.1 Å². The van der Waals surface area contributed by atoms with Crippen LogP contribution >= 0.6 is 11.8 Å². The molecule has 0 aliphatic rings. The third-order valence-corrected chi connectivity index (χ3v) is 3.96. The zero-order valence-electron chi connectivity index (χ0n) is 12.9. The fourth-order valence-corrected chi connectivity index (χ4v) is 2.42. The van der Waals surface area contributed by atoms with Gasteiger partial charge in [0.1, 0.15) is 18.6 Å². The molecule has 0 radical (unpaired) electrons. The lowest BCUT2D eigenvalue weighted by molar-refractivity contribution is -0.139. The van der Waals surface area contributed by atoms with E-state index in [1.807, 2.05) is 6.92 Å². The van der Waals surface area contributed by atoms with Crippen LogP contribution in [-0.2, 0) is 19.2 Å². The van der Waals surface area contributed by atoms with E-state index in [4.69, 9.17) is 15.9 Å². The number of carboxylic acids is 2. The molecule has 1 unspecified atom stereocenters. The molecule has 0 aromatic rings. The Morgan fingerprint density at radius 2 is 1.87 bits per heavy atom. The Hall–Kier alpha value is -1.81. The van der Waals surface area contributed by atoms with Gasteiger partial charge in [0.05, 0.1) is 0 Å². The molecule has 6 N–H and O–H groups in total. The number of carbonyl (C=O) groups is 4. The molecule has 2 atom stereocenters. The minimum Gasteiger partial charge on any atom is -0.480 e. The van der Waals surface area contributed by atoms with Crippen molar-refractivity contribution in [1.29, 1.82) is 0 Å². The van der Waals surface area contributed by atoms with Gasteiger partial charge >= 0.3 is 11.9 Å². The molecule has 2 amide bonds. The van der Waals surface area contributed by atoms with Crippen LogP contribution in [0.5, 0.6) is 0 Å². The Kier molecular flexibility index (Phi) is 10.8. The molecule has 0 aliphatic carbocycles. The fraction of sp³-hybridized carbons (Fsp3) is 0.692. The summed E-state index contributed by atoms with van der Waals surface area (Å²) >= 11 is 1.45. The van der Waals surface area contributed by atoms with Crippen LogP contribution in [0.15, 0.2) is 0 Å². The number of amides is 2. The number of thioether (sulfide) groups is 1. The summed E-state index contributed by atoms with van der Waals surface area (Å²) in [7, 11) is 0. The average Bonchev–Trinajstić information content (AvgIpc) is 2.49. The molecule has 0 fully saturated rings. The SMILES string of the molecule is CCCSCC(NC(=O)CC[C@H](N)C(=O)O)C(=O)NCC(=O)O. The number of rotatable bonds is 12. The summed E-state index contributed by atoms with van der Waals surface area (Å²) in [6.45, 7) is 1.44. The molecule has 0 saturated heterocycles. The summed E-state index contributed by atoms with van der Waals surface area (Å²) in [5.74, 6) is -2.39. The molecule has 0 aromatic heterocycles. The van der Waals surface area contributed by atoms with E-state index < -0.39 is 42.4 Å². The Bertz CT molecular complexity index is 432. The first kappa shape index (κ1) is 21.2. The monoisotopic (exact) mass is 349 g/mol. The number of hydrogen-bond acceptors (Lipinski definition) is 6. The van der Waals surface area contributed by atoms with E-state index >= 15 is 0 Å². The number of aliphatic carboxylic acids is 2. The molecule has 23 heavy (non-hydrogen) atoms. The van der Waals surface area contributed by atoms with E-state index in [0.717, 1.165) is 12.2 Å². The Balaban J connectivity index is 4.48. The zero-order valence-corrected chi connectivity index (χ0v) is 13.7. The topological polar surface area (TPSA) is 159 Å². The highest BCUT2D eigenvalue weighted by atomic mass is 32.2. The lowest BCUT2D eigenvalue weighted by Gasteiger charge is -2.18. The van der Waals surface area contributed by atoms with Gasteiger partial charge in [0.2, 0.25) is 11.8 Å². The van der Waals surface area contributed by atoms with Crippen LogP contribution in [0.1, 0.15) is 26.2 Å². The van der Waals surface area contributed by atoms with Gasteiger partial charge in [-0.2, -0.15) is 11.8 Å². The zero-order chi connectivity index (χ0) is 17.8. The lowest BCUT2D eigenvalue weighted by atomic mass is 10.1. The first-order chi connectivity index (χ1) is 10.8. The van der Waals surface area contributed by atoms with Crippen LogP contribution in [0.2, 0.25) is 0 Å². The average molecular weight is 349 g/mol. The second-order valence-corrected chi connectivity index (χ2v) is 5.94. The van der Waals surface area contributed by atoms with Gasteiger partial charge in [-0.25, -0.2) is 0 Å². The molecule has 10 heteroatoms. The minimum absolute atomic E-state index is 0.0489. The summed E-state index contributed by atoms with van der Waals surface area (Å²) in [6, 6.07) is -2.02. The van der Waals surface area contributed by atoms with Crippen LogP contribution in [0.25, 0.3) is 0 Å². The molecule has 0 aliphatic heterocycles. The Labute approximate surface area is 138 Å². The molecule has 0 bridgehead atoms. The Morgan fingerprint density at radius 3 is 2.39 bits per heavy atom. The first-order valence-electron chi connectivity index (χ1n) is 7.12. The second kappa shape index (κ2) is 11.7. The normalized spacial score (nSPS) is 13.0. The minimum atomic E-state index is -1.20. The summed E-state index contributed by atoms with van der Waals surface area (Å²) < 4.78 is 0. The van der Waals surface area contributed by atoms with E-state index in [1.54, 1.807) is 0 Å². The van der Waals surface area contributed by atoms with Crippen LogP contribution in [-0.4, -0.2) is 64.1 Å². The second-order valence-electron chi connectivity index (χ2n) is 4.79. The Morgan fingerprint density at radius 1 is 1.22 bits per heavy atom. The van der Waals surface area contributed by atoms with E-state index in [-0.39, 0.29) is 12.8 Å². The molecule has 0 rings (SSSR count). The van der Waals surface area contributed by atoms with Crippen molar-refractivity contribution in [3.05, 3.63) is 0 Å². The van der Waals surface area contributed by atoms with Crippen molar-refractivity contribution in [2.24, 2.45) is 5.73 Å². The lowest BCUT2D eigenvalue weighted by Crippen LogP contribution is -2.49. The van der Waals surface area contributed by atoms with Gasteiger partial charge in [0.15, 0.2) is 0 Å². The molecule has 0 heterocycles. The van der Waals surface area contributed by atoms with Crippen LogP contribution < -0.4 is 16.4 Å². The van der Waals surface area contributed by atoms with Crippen molar-refractivity contribution in [2.45, 2.75) is 38.3 Å². The van der Waals surface area contributed by atoms with Crippen molar-refractivity contribution in [3.63, 3.8) is 0 Å². The smallest absolute Gasteiger partial charge is 0.322 e. The molecule has 0 saturated carbocycles. The largest absolute Gasteiger partial charge is 0.480 e. The number of carboxylic acid groups (broad SMARTS) is 2. The van der Waals surface area contributed by atoms with Gasteiger partial charge in [-0.05, 0) is 18.6 Å².